The lowest BCUT2D eigenvalue weighted by atomic mass is 9.84. The first-order chi connectivity index (χ1) is 14.5. The van der Waals surface area contributed by atoms with Crippen molar-refractivity contribution in [1.29, 1.82) is 0 Å². The van der Waals surface area contributed by atoms with Gasteiger partial charge in [0.15, 0.2) is 0 Å². The van der Waals surface area contributed by atoms with Crippen LogP contribution in [0.15, 0.2) is 36.4 Å². The molecule has 31 heavy (non-hydrogen) atoms. The summed E-state index contributed by atoms with van der Waals surface area (Å²) in [7, 11) is 0. The largest absolute Gasteiger partial charge is 0.115 e. The van der Waals surface area contributed by atoms with Crippen molar-refractivity contribution in [1.82, 2.24) is 0 Å². The second-order valence-corrected chi connectivity index (χ2v) is 9.05. The van der Waals surface area contributed by atoms with Crippen LogP contribution in [0.2, 0.25) is 0 Å². The summed E-state index contributed by atoms with van der Waals surface area (Å²) in [6.07, 6.45) is 15.2. The van der Waals surface area contributed by atoms with Gasteiger partial charge in [0, 0.05) is 5.56 Å². The van der Waals surface area contributed by atoms with E-state index in [0.717, 1.165) is 29.7 Å². The zero-order valence-corrected chi connectivity index (χ0v) is 20.2. The Morgan fingerprint density at radius 1 is 0.903 bits per heavy atom. The SMILES string of the molecule is C.C#Cc1ccc(-c2cccc(CC)c2C2CC2)cc1C.CC.CC1CCC(C)CC1. The lowest BCUT2D eigenvalue weighted by Crippen LogP contribution is -2.08. The van der Waals surface area contributed by atoms with E-state index in [4.69, 9.17) is 6.42 Å². The molecule has 2 fully saturated rings. The van der Waals surface area contributed by atoms with E-state index >= 15 is 0 Å². The molecule has 2 aliphatic rings. The van der Waals surface area contributed by atoms with E-state index < -0.39 is 0 Å². The second kappa shape index (κ2) is 13.4. The molecule has 2 saturated carbocycles. The summed E-state index contributed by atoms with van der Waals surface area (Å²) in [5, 5.41) is 0. The van der Waals surface area contributed by atoms with Crippen LogP contribution >= 0.6 is 0 Å². The van der Waals surface area contributed by atoms with Crippen molar-refractivity contribution in [2.24, 2.45) is 11.8 Å². The van der Waals surface area contributed by atoms with Gasteiger partial charge in [0.2, 0.25) is 0 Å². The minimum Gasteiger partial charge on any atom is -0.115 e. The summed E-state index contributed by atoms with van der Waals surface area (Å²) in [5.41, 5.74) is 7.96. The van der Waals surface area contributed by atoms with Crippen LogP contribution in [0, 0.1) is 31.1 Å². The maximum atomic E-state index is 5.52. The molecule has 0 aromatic heterocycles. The molecule has 0 heterocycles. The van der Waals surface area contributed by atoms with Crippen molar-refractivity contribution in [2.45, 2.75) is 99.8 Å². The fourth-order valence-corrected chi connectivity index (χ4v) is 4.45. The van der Waals surface area contributed by atoms with Crippen molar-refractivity contribution in [3.63, 3.8) is 0 Å². The number of rotatable bonds is 3. The minimum atomic E-state index is 0. The van der Waals surface area contributed by atoms with Gasteiger partial charge in [0.1, 0.15) is 0 Å². The first-order valence-electron chi connectivity index (χ1n) is 12.2. The first kappa shape index (κ1) is 27.0. The average Bonchev–Trinajstić information content (AvgIpc) is 3.62. The van der Waals surface area contributed by atoms with E-state index in [-0.39, 0.29) is 7.43 Å². The molecule has 2 aliphatic carbocycles. The summed E-state index contributed by atoms with van der Waals surface area (Å²) in [4.78, 5) is 0. The highest BCUT2D eigenvalue weighted by molar-refractivity contribution is 5.72. The van der Waals surface area contributed by atoms with Crippen LogP contribution in [0.4, 0.5) is 0 Å². The predicted octanol–water partition coefficient (Wildman–Crippen LogP) is 9.58. The van der Waals surface area contributed by atoms with Crippen molar-refractivity contribution in [3.05, 3.63) is 58.7 Å². The molecular formula is C31H46. The van der Waals surface area contributed by atoms with Crippen molar-refractivity contribution >= 4 is 0 Å². The summed E-state index contributed by atoms with van der Waals surface area (Å²) in [6, 6.07) is 13.2. The van der Waals surface area contributed by atoms with Crippen LogP contribution in [0.25, 0.3) is 11.1 Å². The van der Waals surface area contributed by atoms with Gasteiger partial charge in [0.05, 0.1) is 0 Å². The molecule has 0 N–H and O–H groups in total. The van der Waals surface area contributed by atoms with Crippen molar-refractivity contribution in [2.75, 3.05) is 0 Å². The predicted molar refractivity (Wildman–Crippen MR) is 141 cm³/mol. The third-order valence-electron chi connectivity index (χ3n) is 6.56. The molecule has 0 amide bonds. The normalized spacial score (nSPS) is 19.5. The molecule has 0 radical (unpaired) electrons. The van der Waals surface area contributed by atoms with Crippen molar-refractivity contribution < 1.29 is 0 Å². The van der Waals surface area contributed by atoms with E-state index in [1.165, 1.54) is 60.8 Å². The fraction of sp³-hybridized carbons (Fsp3) is 0.548. The Kier molecular flexibility index (Phi) is 11.7. The van der Waals surface area contributed by atoms with Crippen LogP contribution in [0.1, 0.15) is 109 Å². The molecule has 0 atom stereocenters. The van der Waals surface area contributed by atoms with Gasteiger partial charge in [-0.05, 0) is 77.8 Å². The van der Waals surface area contributed by atoms with E-state index in [1.807, 2.05) is 13.8 Å². The Labute approximate surface area is 193 Å². The summed E-state index contributed by atoms with van der Waals surface area (Å²) < 4.78 is 0. The van der Waals surface area contributed by atoms with Crippen LogP contribution in [-0.2, 0) is 6.42 Å². The Morgan fingerprint density at radius 3 is 1.94 bits per heavy atom. The van der Waals surface area contributed by atoms with Crippen LogP contribution in [0.3, 0.4) is 0 Å². The Morgan fingerprint density at radius 2 is 1.48 bits per heavy atom. The minimum absolute atomic E-state index is 0. The van der Waals surface area contributed by atoms with E-state index in [1.54, 1.807) is 5.56 Å². The maximum Gasteiger partial charge on any atom is 0.0272 e. The maximum absolute atomic E-state index is 5.52. The molecule has 0 unspecified atom stereocenters. The standard InChI is InChI=1S/C20H20.C8H16.C2H6.CH4/c1-4-15-9-12-18(13-14(15)3)19-8-6-7-16(5-2)20(19)17-10-11-17;1-7-3-5-8(2)6-4-7;1-2;/h1,6-9,12-13,17H,5,10-11H2,2-3H3;7-8H,3-6H2,1-2H3;1-2H3;1H4. The highest BCUT2D eigenvalue weighted by Gasteiger charge is 2.28. The highest BCUT2D eigenvalue weighted by atomic mass is 14.3. The topological polar surface area (TPSA) is 0 Å². The van der Waals surface area contributed by atoms with Crippen LogP contribution in [-0.4, -0.2) is 0 Å². The molecule has 0 nitrogen and oxygen atoms in total. The summed E-state index contributed by atoms with van der Waals surface area (Å²) >= 11 is 0. The number of aryl methyl sites for hydroxylation is 2. The van der Waals surface area contributed by atoms with Gasteiger partial charge in [-0.1, -0.05) is 104 Å². The summed E-state index contributed by atoms with van der Waals surface area (Å²) in [5.74, 6) is 5.56. The second-order valence-electron chi connectivity index (χ2n) is 9.05. The van der Waals surface area contributed by atoms with Gasteiger partial charge in [-0.25, -0.2) is 0 Å². The number of benzene rings is 2. The van der Waals surface area contributed by atoms with E-state index in [0.29, 0.717) is 0 Å². The van der Waals surface area contributed by atoms with Crippen LogP contribution < -0.4 is 0 Å². The van der Waals surface area contributed by atoms with Gasteiger partial charge in [-0.3, -0.25) is 0 Å². The average molecular weight is 419 g/mol. The fourth-order valence-electron chi connectivity index (χ4n) is 4.45. The zero-order chi connectivity index (χ0) is 22.1. The zero-order valence-electron chi connectivity index (χ0n) is 20.2. The Bertz CT molecular complexity index is 814. The molecule has 170 valence electrons. The van der Waals surface area contributed by atoms with Gasteiger partial charge in [-0.15, -0.1) is 6.42 Å². The monoisotopic (exact) mass is 418 g/mol. The smallest absolute Gasteiger partial charge is 0.0272 e. The van der Waals surface area contributed by atoms with Gasteiger partial charge in [-0.2, -0.15) is 0 Å². The molecule has 2 aromatic rings. The van der Waals surface area contributed by atoms with E-state index in [9.17, 15) is 0 Å². The van der Waals surface area contributed by atoms with Gasteiger partial charge in [0.25, 0.3) is 0 Å². The molecule has 0 saturated heterocycles. The van der Waals surface area contributed by atoms with Gasteiger partial charge >= 0.3 is 0 Å². The number of hydrogen-bond acceptors (Lipinski definition) is 0. The number of terminal acetylenes is 1. The number of hydrogen-bond donors (Lipinski definition) is 0. The first-order valence-corrected chi connectivity index (χ1v) is 12.2. The third-order valence-corrected chi connectivity index (χ3v) is 6.56. The molecule has 2 aromatic carbocycles. The highest BCUT2D eigenvalue weighted by Crippen LogP contribution is 2.46. The van der Waals surface area contributed by atoms with Gasteiger partial charge < -0.3 is 0 Å². The molecule has 0 heteroatoms. The van der Waals surface area contributed by atoms with Crippen molar-refractivity contribution in [3.8, 4) is 23.5 Å². The van der Waals surface area contributed by atoms with E-state index in [2.05, 4.69) is 70.0 Å². The Balaban J connectivity index is 0.000000369. The molecule has 0 bridgehead atoms. The molecule has 0 spiro atoms. The lowest BCUT2D eigenvalue weighted by Gasteiger charge is -2.22. The lowest BCUT2D eigenvalue weighted by molar-refractivity contribution is 0.308. The summed E-state index contributed by atoms with van der Waals surface area (Å²) in [6.45, 7) is 13.1. The quantitative estimate of drug-likeness (QED) is 0.435. The third kappa shape index (κ3) is 7.57. The molecule has 0 aliphatic heterocycles. The molecular weight excluding hydrogens is 372 g/mol. The van der Waals surface area contributed by atoms with Crippen LogP contribution in [0.5, 0.6) is 0 Å². The molecule has 4 rings (SSSR count). The Hall–Kier alpha value is -2.00.